The smallest absolute Gasteiger partial charge is 0.263 e. The summed E-state index contributed by atoms with van der Waals surface area (Å²) in [6.45, 7) is -0.313. The van der Waals surface area contributed by atoms with Gasteiger partial charge in [0.2, 0.25) is 5.91 Å². The summed E-state index contributed by atoms with van der Waals surface area (Å²) in [4.78, 5) is 38.9. The summed E-state index contributed by atoms with van der Waals surface area (Å²) in [6, 6.07) is 8.44. The number of amides is 3. The van der Waals surface area contributed by atoms with Crippen LogP contribution < -0.4 is 10.2 Å². The standard InChI is InChI=1S/C18H12BrClFN5O3/c19-9-1-4-11(5-2-9)26-17(28)15-16(18(26)29)25(24-23-15)8-14(27)22-10-3-6-13(21)12(20)7-10/h1-7,15-16H,8H2,(H,22,27). The summed E-state index contributed by atoms with van der Waals surface area (Å²) in [5.74, 6) is -2.14. The number of carbonyl (C=O) groups excluding carboxylic acids is 3. The van der Waals surface area contributed by atoms with Crippen LogP contribution in [0.5, 0.6) is 0 Å². The van der Waals surface area contributed by atoms with E-state index in [1.807, 2.05) is 0 Å². The van der Waals surface area contributed by atoms with Crippen molar-refractivity contribution in [1.29, 1.82) is 0 Å². The number of anilines is 2. The summed E-state index contributed by atoms with van der Waals surface area (Å²) in [7, 11) is 0. The zero-order valence-corrected chi connectivity index (χ0v) is 16.9. The van der Waals surface area contributed by atoms with Gasteiger partial charge in [-0.2, -0.15) is 5.11 Å². The monoisotopic (exact) mass is 479 g/mol. The molecule has 29 heavy (non-hydrogen) atoms. The molecule has 148 valence electrons. The Morgan fingerprint density at radius 1 is 1.17 bits per heavy atom. The number of nitrogens with zero attached hydrogens (tertiary/aromatic N) is 4. The molecule has 0 saturated carbocycles. The molecule has 2 aliphatic heterocycles. The quantitative estimate of drug-likeness (QED) is 0.680. The third kappa shape index (κ3) is 3.60. The minimum atomic E-state index is -1.00. The van der Waals surface area contributed by atoms with E-state index in [0.717, 1.165) is 15.4 Å². The van der Waals surface area contributed by atoms with Crippen LogP contribution in [0.3, 0.4) is 0 Å². The lowest BCUT2D eigenvalue weighted by atomic mass is 10.1. The van der Waals surface area contributed by atoms with E-state index in [1.54, 1.807) is 24.3 Å². The van der Waals surface area contributed by atoms with Crippen molar-refractivity contribution in [3.8, 4) is 0 Å². The van der Waals surface area contributed by atoms with Gasteiger partial charge in [0.1, 0.15) is 12.4 Å². The van der Waals surface area contributed by atoms with Crippen molar-refractivity contribution in [2.45, 2.75) is 12.1 Å². The molecule has 1 fully saturated rings. The van der Waals surface area contributed by atoms with Crippen LogP contribution in [0.2, 0.25) is 5.02 Å². The number of hydrogen-bond acceptors (Lipinski definition) is 6. The molecule has 2 aromatic carbocycles. The summed E-state index contributed by atoms with van der Waals surface area (Å²) in [6.07, 6.45) is 0. The number of rotatable bonds is 4. The van der Waals surface area contributed by atoms with Crippen molar-refractivity contribution in [3.05, 3.63) is 57.8 Å². The lowest BCUT2D eigenvalue weighted by Crippen LogP contribution is -2.43. The fourth-order valence-electron chi connectivity index (χ4n) is 3.12. The largest absolute Gasteiger partial charge is 0.324 e. The maximum Gasteiger partial charge on any atom is 0.263 e. The lowest BCUT2D eigenvalue weighted by molar-refractivity contribution is -0.123. The molecule has 2 atom stereocenters. The molecule has 4 rings (SSSR count). The Labute approximate surface area is 177 Å². The molecule has 2 aliphatic rings. The van der Waals surface area contributed by atoms with Gasteiger partial charge in [-0.05, 0) is 42.5 Å². The van der Waals surface area contributed by atoms with Crippen molar-refractivity contribution < 1.29 is 18.8 Å². The average Bonchev–Trinajstić information content (AvgIpc) is 3.19. The van der Waals surface area contributed by atoms with E-state index in [2.05, 4.69) is 31.6 Å². The molecule has 2 unspecified atom stereocenters. The summed E-state index contributed by atoms with van der Waals surface area (Å²) >= 11 is 9.00. The molecule has 0 aromatic heterocycles. The van der Waals surface area contributed by atoms with Crippen molar-refractivity contribution in [2.24, 2.45) is 10.3 Å². The third-order valence-corrected chi connectivity index (χ3v) is 5.27. The van der Waals surface area contributed by atoms with Crippen LogP contribution in [-0.2, 0) is 14.4 Å². The van der Waals surface area contributed by atoms with E-state index in [0.29, 0.717) is 11.4 Å². The van der Waals surface area contributed by atoms with Crippen molar-refractivity contribution in [2.75, 3.05) is 16.8 Å². The fourth-order valence-corrected chi connectivity index (χ4v) is 3.56. The first kappa shape index (κ1) is 19.5. The number of carbonyl (C=O) groups is 3. The van der Waals surface area contributed by atoms with Crippen molar-refractivity contribution in [3.63, 3.8) is 0 Å². The van der Waals surface area contributed by atoms with Gasteiger partial charge < -0.3 is 5.32 Å². The number of hydrogen-bond donors (Lipinski definition) is 1. The van der Waals surface area contributed by atoms with Crippen LogP contribution in [0.25, 0.3) is 0 Å². The summed E-state index contributed by atoms with van der Waals surface area (Å²) in [5.41, 5.74) is 0.706. The van der Waals surface area contributed by atoms with E-state index >= 15 is 0 Å². The summed E-state index contributed by atoms with van der Waals surface area (Å²) < 4.78 is 14.0. The first-order valence-electron chi connectivity index (χ1n) is 8.41. The molecule has 0 radical (unpaired) electrons. The van der Waals surface area contributed by atoms with Gasteiger partial charge in [0.25, 0.3) is 11.8 Å². The minimum absolute atomic E-state index is 0.134. The van der Waals surface area contributed by atoms with Crippen LogP contribution in [0.4, 0.5) is 15.8 Å². The SMILES string of the molecule is O=C(CN1N=NC2C(=O)N(c3ccc(Br)cc3)C(=O)C21)Nc1ccc(F)c(Cl)c1. The van der Waals surface area contributed by atoms with Crippen molar-refractivity contribution in [1.82, 2.24) is 5.01 Å². The average molecular weight is 481 g/mol. The zero-order chi connectivity index (χ0) is 20.7. The van der Waals surface area contributed by atoms with Gasteiger partial charge in [-0.15, -0.1) is 0 Å². The van der Waals surface area contributed by atoms with Gasteiger partial charge in [0.05, 0.1) is 10.7 Å². The Morgan fingerprint density at radius 2 is 1.90 bits per heavy atom. The van der Waals surface area contributed by atoms with Crippen LogP contribution >= 0.6 is 27.5 Å². The normalized spacial score (nSPS) is 20.4. The molecule has 0 bridgehead atoms. The van der Waals surface area contributed by atoms with E-state index < -0.39 is 35.6 Å². The topological polar surface area (TPSA) is 94.4 Å². The molecule has 2 aromatic rings. The van der Waals surface area contributed by atoms with E-state index in [-0.39, 0.29) is 11.6 Å². The molecule has 8 nitrogen and oxygen atoms in total. The molecule has 11 heteroatoms. The van der Waals surface area contributed by atoms with E-state index in [9.17, 15) is 18.8 Å². The molecular formula is C18H12BrClFN5O3. The van der Waals surface area contributed by atoms with E-state index in [4.69, 9.17) is 11.6 Å². The Kier molecular flexibility index (Phi) is 5.05. The van der Waals surface area contributed by atoms with Crippen LogP contribution in [0.1, 0.15) is 0 Å². The maximum absolute atomic E-state index is 13.2. The highest BCUT2D eigenvalue weighted by Crippen LogP contribution is 2.32. The van der Waals surface area contributed by atoms with Crippen molar-refractivity contribution >= 4 is 56.6 Å². The Bertz CT molecular complexity index is 1050. The second-order valence-electron chi connectivity index (χ2n) is 6.36. The number of fused-ring (bicyclic) bond motifs is 1. The molecular weight excluding hydrogens is 469 g/mol. The molecule has 2 heterocycles. The van der Waals surface area contributed by atoms with Gasteiger partial charge in [0.15, 0.2) is 12.1 Å². The van der Waals surface area contributed by atoms with Gasteiger partial charge in [-0.25, -0.2) is 9.29 Å². The Morgan fingerprint density at radius 3 is 2.59 bits per heavy atom. The predicted molar refractivity (Wildman–Crippen MR) is 106 cm³/mol. The molecule has 0 spiro atoms. The first-order chi connectivity index (χ1) is 13.8. The minimum Gasteiger partial charge on any atom is -0.324 e. The Balaban J connectivity index is 1.48. The zero-order valence-electron chi connectivity index (χ0n) is 14.6. The second-order valence-corrected chi connectivity index (χ2v) is 7.68. The molecule has 0 aliphatic carbocycles. The molecule has 3 amide bonds. The van der Waals surface area contributed by atoms with Gasteiger partial charge >= 0.3 is 0 Å². The van der Waals surface area contributed by atoms with Crippen LogP contribution in [0.15, 0.2) is 57.3 Å². The molecule has 1 N–H and O–H groups in total. The number of imide groups is 1. The third-order valence-electron chi connectivity index (χ3n) is 4.45. The highest BCUT2D eigenvalue weighted by Gasteiger charge is 2.55. The Hall–Kier alpha value is -2.85. The van der Waals surface area contributed by atoms with Crippen LogP contribution in [-0.4, -0.2) is 41.4 Å². The van der Waals surface area contributed by atoms with E-state index in [1.165, 1.54) is 17.1 Å². The van der Waals surface area contributed by atoms with Crippen LogP contribution in [0, 0.1) is 5.82 Å². The lowest BCUT2D eigenvalue weighted by Gasteiger charge is -2.20. The van der Waals surface area contributed by atoms with Gasteiger partial charge in [-0.1, -0.05) is 32.8 Å². The molecule has 1 saturated heterocycles. The first-order valence-corrected chi connectivity index (χ1v) is 9.58. The predicted octanol–water partition coefficient (Wildman–Crippen LogP) is 3.17. The van der Waals surface area contributed by atoms with Gasteiger partial charge in [-0.3, -0.25) is 19.4 Å². The fraction of sp³-hybridized carbons (Fsp3) is 0.167. The maximum atomic E-state index is 13.2. The number of nitrogens with one attached hydrogen (secondary N) is 1. The van der Waals surface area contributed by atoms with Gasteiger partial charge in [0, 0.05) is 10.2 Å². The number of benzene rings is 2. The highest BCUT2D eigenvalue weighted by molar-refractivity contribution is 9.10. The second kappa shape index (κ2) is 7.53. The summed E-state index contributed by atoms with van der Waals surface area (Å²) in [5, 5.41) is 11.3. The number of halogens is 3. The highest BCUT2D eigenvalue weighted by atomic mass is 79.9.